The van der Waals surface area contributed by atoms with E-state index in [2.05, 4.69) is 4.72 Å². The molecule has 1 atom stereocenters. The maximum absolute atomic E-state index is 12.0. The third-order valence-corrected chi connectivity index (χ3v) is 4.49. The quantitative estimate of drug-likeness (QED) is 0.757. The summed E-state index contributed by atoms with van der Waals surface area (Å²) in [4.78, 5) is 0.215. The molecular formula is C13H21NO4S. The summed E-state index contributed by atoms with van der Waals surface area (Å²) >= 11 is 0. The van der Waals surface area contributed by atoms with Crippen LogP contribution in [0.4, 0.5) is 0 Å². The first kappa shape index (κ1) is 15.9. The summed E-state index contributed by atoms with van der Waals surface area (Å²) in [5.41, 5.74) is 0. The van der Waals surface area contributed by atoms with Gasteiger partial charge in [-0.15, -0.1) is 0 Å². The number of methoxy groups -OCH3 is 1. The van der Waals surface area contributed by atoms with Gasteiger partial charge in [-0.3, -0.25) is 0 Å². The van der Waals surface area contributed by atoms with Gasteiger partial charge < -0.3 is 9.84 Å². The predicted octanol–water partition coefficient (Wildman–Crippen LogP) is 1.38. The Hall–Kier alpha value is -1.11. The van der Waals surface area contributed by atoms with Crippen LogP contribution in [0, 0.1) is 5.92 Å². The van der Waals surface area contributed by atoms with Gasteiger partial charge in [0.25, 0.3) is 0 Å². The molecule has 0 amide bonds. The van der Waals surface area contributed by atoms with Crippen LogP contribution in [0.3, 0.4) is 0 Å². The predicted molar refractivity (Wildman–Crippen MR) is 73.7 cm³/mol. The molecule has 0 aromatic heterocycles. The monoisotopic (exact) mass is 287 g/mol. The molecule has 1 rings (SSSR count). The van der Waals surface area contributed by atoms with Crippen molar-refractivity contribution in [3.05, 3.63) is 24.3 Å². The highest BCUT2D eigenvalue weighted by Gasteiger charge is 2.16. The third kappa shape index (κ3) is 4.81. The van der Waals surface area contributed by atoms with Crippen molar-refractivity contribution in [1.82, 2.24) is 4.72 Å². The minimum absolute atomic E-state index is 0.0722. The molecule has 1 aromatic rings. The van der Waals surface area contributed by atoms with Gasteiger partial charge in [-0.2, -0.15) is 0 Å². The molecule has 0 saturated heterocycles. The molecule has 0 aliphatic rings. The van der Waals surface area contributed by atoms with Crippen molar-refractivity contribution >= 4 is 10.0 Å². The lowest BCUT2D eigenvalue weighted by molar-refractivity contribution is 0.254. The number of nitrogens with one attached hydrogen (secondary N) is 1. The van der Waals surface area contributed by atoms with Gasteiger partial charge in [0.1, 0.15) is 5.75 Å². The molecule has 2 N–H and O–H groups in total. The summed E-state index contributed by atoms with van der Waals surface area (Å²) in [5.74, 6) is 0.767. The van der Waals surface area contributed by atoms with Gasteiger partial charge in [0.15, 0.2) is 0 Å². The Balaban J connectivity index is 2.69. The van der Waals surface area contributed by atoms with Crippen molar-refractivity contribution in [3.63, 3.8) is 0 Å². The molecule has 19 heavy (non-hydrogen) atoms. The first-order valence-corrected chi connectivity index (χ1v) is 7.76. The Morgan fingerprint density at radius 3 is 2.42 bits per heavy atom. The van der Waals surface area contributed by atoms with E-state index in [1.807, 2.05) is 6.92 Å². The smallest absolute Gasteiger partial charge is 0.240 e. The number of hydrogen-bond acceptors (Lipinski definition) is 4. The van der Waals surface area contributed by atoms with Crippen molar-refractivity contribution < 1.29 is 18.3 Å². The Bertz CT molecular complexity index is 470. The summed E-state index contributed by atoms with van der Waals surface area (Å²) in [6.45, 7) is 2.39. The largest absolute Gasteiger partial charge is 0.497 e. The fourth-order valence-corrected chi connectivity index (χ4v) is 2.82. The number of aliphatic hydroxyl groups is 1. The Labute approximate surface area is 114 Å². The van der Waals surface area contributed by atoms with Gasteiger partial charge >= 0.3 is 0 Å². The number of benzene rings is 1. The van der Waals surface area contributed by atoms with Crippen LogP contribution < -0.4 is 9.46 Å². The molecule has 0 saturated carbocycles. The molecule has 0 aliphatic heterocycles. The molecule has 0 fully saturated rings. The highest BCUT2D eigenvalue weighted by atomic mass is 32.2. The van der Waals surface area contributed by atoms with Gasteiger partial charge in [0.2, 0.25) is 10.0 Å². The second-order valence-corrected chi connectivity index (χ2v) is 6.08. The third-order valence-electron chi connectivity index (χ3n) is 3.05. The van der Waals surface area contributed by atoms with Crippen LogP contribution in [0.25, 0.3) is 0 Å². The fourth-order valence-electron chi connectivity index (χ4n) is 1.70. The minimum Gasteiger partial charge on any atom is -0.497 e. The highest BCUT2D eigenvalue weighted by molar-refractivity contribution is 7.89. The second kappa shape index (κ2) is 7.47. The van der Waals surface area contributed by atoms with Crippen molar-refractivity contribution in [1.29, 1.82) is 0 Å². The van der Waals surface area contributed by atoms with E-state index < -0.39 is 10.0 Å². The standard InChI is InChI=1S/C13H21NO4S/c1-3-11(8-9-15)10-14-19(16,17)13-6-4-12(18-2)5-7-13/h4-7,11,14-15H,3,8-10H2,1-2H3. The highest BCUT2D eigenvalue weighted by Crippen LogP contribution is 2.16. The molecule has 0 bridgehead atoms. The SMILES string of the molecule is CCC(CCO)CNS(=O)(=O)c1ccc(OC)cc1. The summed E-state index contributed by atoms with van der Waals surface area (Å²) in [6, 6.07) is 6.24. The topological polar surface area (TPSA) is 75.6 Å². The Morgan fingerprint density at radius 2 is 1.95 bits per heavy atom. The second-order valence-electron chi connectivity index (χ2n) is 4.31. The number of aliphatic hydroxyl groups excluding tert-OH is 1. The molecule has 0 radical (unpaired) electrons. The van der Waals surface area contributed by atoms with Crippen LogP contribution in [0.1, 0.15) is 19.8 Å². The van der Waals surface area contributed by atoms with E-state index in [0.717, 1.165) is 6.42 Å². The van der Waals surface area contributed by atoms with E-state index in [4.69, 9.17) is 9.84 Å². The lowest BCUT2D eigenvalue weighted by Crippen LogP contribution is -2.29. The van der Waals surface area contributed by atoms with E-state index in [1.54, 1.807) is 12.1 Å². The lowest BCUT2D eigenvalue weighted by atomic mass is 10.0. The average Bonchev–Trinajstić information content (AvgIpc) is 2.43. The van der Waals surface area contributed by atoms with Crippen LogP contribution in [0.15, 0.2) is 29.2 Å². The van der Waals surface area contributed by atoms with Crippen LogP contribution in [0.2, 0.25) is 0 Å². The Morgan fingerprint density at radius 1 is 1.32 bits per heavy atom. The molecule has 1 unspecified atom stereocenters. The van der Waals surface area contributed by atoms with Gasteiger partial charge in [-0.25, -0.2) is 13.1 Å². The summed E-state index contributed by atoms with van der Waals surface area (Å²) in [6.07, 6.45) is 1.42. The molecule has 0 spiro atoms. The Kier molecular flexibility index (Phi) is 6.27. The lowest BCUT2D eigenvalue weighted by Gasteiger charge is -2.14. The summed E-state index contributed by atoms with van der Waals surface area (Å²) < 4.78 is 31.6. The van der Waals surface area contributed by atoms with E-state index >= 15 is 0 Å². The zero-order valence-corrected chi connectivity index (χ0v) is 12.1. The first-order chi connectivity index (χ1) is 9.03. The van der Waals surface area contributed by atoms with E-state index in [9.17, 15) is 8.42 Å². The van der Waals surface area contributed by atoms with Crippen molar-refractivity contribution in [2.45, 2.75) is 24.7 Å². The van der Waals surface area contributed by atoms with Gasteiger partial charge in [-0.1, -0.05) is 13.3 Å². The van der Waals surface area contributed by atoms with Crippen LogP contribution >= 0.6 is 0 Å². The van der Waals surface area contributed by atoms with Crippen LogP contribution in [0.5, 0.6) is 5.75 Å². The summed E-state index contributed by atoms with van der Waals surface area (Å²) in [5, 5.41) is 8.88. The van der Waals surface area contributed by atoms with E-state index in [-0.39, 0.29) is 17.4 Å². The maximum Gasteiger partial charge on any atom is 0.240 e. The molecular weight excluding hydrogens is 266 g/mol. The van der Waals surface area contributed by atoms with Crippen LogP contribution in [-0.4, -0.2) is 33.8 Å². The van der Waals surface area contributed by atoms with Crippen molar-refractivity contribution in [3.8, 4) is 5.75 Å². The normalized spacial score (nSPS) is 13.2. The van der Waals surface area contributed by atoms with E-state index in [0.29, 0.717) is 18.7 Å². The maximum atomic E-state index is 12.0. The number of ether oxygens (including phenoxy) is 1. The van der Waals surface area contributed by atoms with Crippen molar-refractivity contribution in [2.24, 2.45) is 5.92 Å². The van der Waals surface area contributed by atoms with Crippen LogP contribution in [-0.2, 0) is 10.0 Å². The van der Waals surface area contributed by atoms with Gasteiger partial charge in [-0.05, 0) is 36.6 Å². The zero-order chi connectivity index (χ0) is 14.3. The first-order valence-electron chi connectivity index (χ1n) is 6.28. The molecule has 5 nitrogen and oxygen atoms in total. The zero-order valence-electron chi connectivity index (χ0n) is 11.3. The minimum atomic E-state index is -3.50. The van der Waals surface area contributed by atoms with Gasteiger partial charge in [0.05, 0.1) is 12.0 Å². The summed E-state index contributed by atoms with van der Waals surface area (Å²) in [7, 11) is -1.97. The van der Waals surface area contributed by atoms with Gasteiger partial charge in [0, 0.05) is 13.2 Å². The average molecular weight is 287 g/mol. The fraction of sp³-hybridized carbons (Fsp3) is 0.538. The number of sulfonamides is 1. The molecule has 1 aromatic carbocycles. The van der Waals surface area contributed by atoms with E-state index in [1.165, 1.54) is 19.2 Å². The molecule has 0 aliphatic carbocycles. The molecule has 108 valence electrons. The number of rotatable bonds is 8. The van der Waals surface area contributed by atoms with Crippen molar-refractivity contribution in [2.75, 3.05) is 20.3 Å². The molecule has 0 heterocycles. The molecule has 6 heteroatoms. The number of hydrogen-bond donors (Lipinski definition) is 2.